The van der Waals surface area contributed by atoms with Crippen LogP contribution < -0.4 is 29.6 Å². The van der Waals surface area contributed by atoms with Crippen LogP contribution in [0.25, 0.3) is 0 Å². The molecule has 0 amide bonds. The van der Waals surface area contributed by atoms with E-state index in [0.717, 1.165) is 12.5 Å². The van der Waals surface area contributed by atoms with Crippen LogP contribution in [0.15, 0.2) is 0 Å². The summed E-state index contributed by atoms with van der Waals surface area (Å²) in [6.07, 6.45) is 0.957. The fourth-order valence-corrected chi connectivity index (χ4v) is 15.5. The van der Waals surface area contributed by atoms with Crippen LogP contribution in [0.1, 0.15) is 6.42 Å². The number of hydrogen-bond acceptors (Lipinski definition) is 8. The average Bonchev–Trinajstić information content (AvgIpc) is 2.64. The van der Waals surface area contributed by atoms with Crippen LogP contribution in [0.2, 0.25) is 51.9 Å². The normalized spacial score (nSPS) is 12.4. The van der Waals surface area contributed by atoms with Gasteiger partial charge in [-0.3, -0.25) is 0 Å². The van der Waals surface area contributed by atoms with E-state index in [-0.39, 0.29) is 38.0 Å². The van der Waals surface area contributed by atoms with Crippen molar-refractivity contribution in [2.24, 2.45) is 0 Å². The van der Waals surface area contributed by atoms with E-state index in [4.69, 9.17) is 36.7 Å². The van der Waals surface area contributed by atoms with Crippen LogP contribution in [0.4, 0.5) is 0 Å². The molecule has 0 fully saturated rings. The summed E-state index contributed by atoms with van der Waals surface area (Å²) in [6, 6.07) is 0.970. The molecule has 34 heavy (non-hydrogen) atoms. The van der Waals surface area contributed by atoms with Crippen LogP contribution in [0, 0.1) is 0 Å². The van der Waals surface area contributed by atoms with Crippen molar-refractivity contribution in [2.75, 3.05) is 79.8 Å². The molecule has 0 spiro atoms. The Morgan fingerprint density at radius 3 is 1.06 bits per heavy atom. The van der Waals surface area contributed by atoms with Crippen molar-refractivity contribution in [1.82, 2.24) is 0 Å². The zero-order valence-corrected chi connectivity index (χ0v) is 28.0. The van der Waals surface area contributed by atoms with E-state index in [2.05, 4.69) is 45.8 Å². The van der Waals surface area contributed by atoms with E-state index >= 15 is 0 Å². The summed E-state index contributed by atoms with van der Waals surface area (Å²) in [6.45, 7) is 22.1. The second-order valence-corrected chi connectivity index (χ2v) is 22.6. The van der Waals surface area contributed by atoms with Gasteiger partial charge in [0.2, 0.25) is 0 Å². The van der Waals surface area contributed by atoms with Gasteiger partial charge in [-0.05, 0) is 58.3 Å². The Morgan fingerprint density at radius 2 is 0.765 bits per heavy atom. The van der Waals surface area contributed by atoms with Crippen molar-refractivity contribution in [2.45, 2.75) is 58.3 Å². The van der Waals surface area contributed by atoms with Crippen LogP contribution in [0.5, 0.6) is 0 Å². The van der Waals surface area contributed by atoms with Gasteiger partial charge in [-0.25, -0.2) is 0 Å². The Labute approximate surface area is 236 Å². The Morgan fingerprint density at radius 1 is 0.471 bits per heavy atom. The Hall–Kier alpha value is 1.40. The molecule has 0 saturated heterocycles. The third kappa shape index (κ3) is 29.6. The zero-order chi connectivity index (χ0) is 24.3. The first-order valence-corrected chi connectivity index (χ1v) is 21.1. The first-order valence-electron chi connectivity index (χ1n) is 11.8. The molecule has 13 heteroatoms. The molecule has 0 rings (SSSR count). The number of rotatable bonds is 23. The molecule has 0 aliphatic carbocycles. The molecule has 0 N–H and O–H groups in total. The fraction of sp³-hybridized carbons (Fsp3) is 1.00. The topological polar surface area (TPSA) is 73.8 Å². The summed E-state index contributed by atoms with van der Waals surface area (Å²) in [4.78, 5) is 0. The SMILES string of the molecule is COCCOCCOCCOCCOCCOCCC[Si](C)(O[Si](C)(C)C)O[Si](C)(C)C.[BH4-].[Na+]. The molecule has 0 aliphatic rings. The van der Waals surface area contributed by atoms with E-state index in [1.165, 1.54) is 0 Å². The minimum Gasteiger partial charge on any atom is -0.437 e. The molecule has 0 saturated carbocycles. The van der Waals surface area contributed by atoms with E-state index in [9.17, 15) is 0 Å². The molecule has 202 valence electrons. The Balaban J connectivity index is -0.00000480. The molecule has 0 unspecified atom stereocenters. The van der Waals surface area contributed by atoms with Gasteiger partial charge >= 0.3 is 38.1 Å². The van der Waals surface area contributed by atoms with Crippen LogP contribution >= 0.6 is 0 Å². The van der Waals surface area contributed by atoms with Crippen LogP contribution in [-0.4, -0.2) is 113 Å². The van der Waals surface area contributed by atoms with Crippen LogP contribution in [0.3, 0.4) is 0 Å². The molecule has 0 aromatic carbocycles. The van der Waals surface area contributed by atoms with Crippen molar-refractivity contribution in [1.29, 1.82) is 0 Å². The molecular formula is C21H54BNaO8Si3. The number of methoxy groups -OCH3 is 1. The van der Waals surface area contributed by atoms with E-state index < -0.39 is 25.2 Å². The fourth-order valence-electron chi connectivity index (χ4n) is 3.04. The van der Waals surface area contributed by atoms with Crippen molar-refractivity contribution >= 4 is 33.6 Å². The van der Waals surface area contributed by atoms with Crippen molar-refractivity contribution in [3.05, 3.63) is 0 Å². The van der Waals surface area contributed by atoms with Gasteiger partial charge in [0.1, 0.15) is 0 Å². The van der Waals surface area contributed by atoms with Gasteiger partial charge in [-0.15, -0.1) is 0 Å². The summed E-state index contributed by atoms with van der Waals surface area (Å²) in [5.41, 5.74) is 0. The molecule has 0 aromatic heterocycles. The van der Waals surface area contributed by atoms with Gasteiger partial charge in [-0.1, -0.05) is 8.41 Å². The monoisotopic (exact) mass is 552 g/mol. The molecule has 0 aliphatic heterocycles. The third-order valence-corrected chi connectivity index (χ3v) is 13.5. The largest absolute Gasteiger partial charge is 1.00 e. The summed E-state index contributed by atoms with van der Waals surface area (Å²) in [5.74, 6) is 0. The summed E-state index contributed by atoms with van der Waals surface area (Å²) >= 11 is 0. The van der Waals surface area contributed by atoms with Crippen molar-refractivity contribution in [3.63, 3.8) is 0 Å². The number of ether oxygens (including phenoxy) is 6. The zero-order valence-electron chi connectivity index (χ0n) is 23.0. The third-order valence-electron chi connectivity index (χ3n) is 3.88. The van der Waals surface area contributed by atoms with E-state index in [1.54, 1.807) is 7.11 Å². The van der Waals surface area contributed by atoms with Gasteiger partial charge in [0.05, 0.1) is 66.1 Å². The average molecular weight is 553 g/mol. The maximum atomic E-state index is 6.51. The predicted molar refractivity (Wildman–Crippen MR) is 147 cm³/mol. The second-order valence-electron chi connectivity index (χ2n) is 9.72. The first-order chi connectivity index (χ1) is 15.0. The molecule has 0 radical (unpaired) electrons. The molecule has 0 bridgehead atoms. The van der Waals surface area contributed by atoms with E-state index in [0.29, 0.717) is 72.7 Å². The summed E-state index contributed by atoms with van der Waals surface area (Å²) in [5, 5.41) is 0. The standard InChI is InChI=1S/C21H50O8Si3.BH4.Na/c1-22-11-12-24-15-16-26-19-20-27-18-17-25-14-13-23-10-9-21-32(8,28-30(2,3)4)29-31(5,6)7;;/h9-21H2,1-8H3;1H4;/q;-1;+1. The summed E-state index contributed by atoms with van der Waals surface area (Å²) < 4.78 is 45.4. The van der Waals surface area contributed by atoms with Gasteiger partial charge in [-0.2, -0.15) is 0 Å². The second kappa shape index (κ2) is 23.5. The van der Waals surface area contributed by atoms with E-state index in [1.807, 2.05) is 0 Å². The van der Waals surface area contributed by atoms with Crippen LogP contribution in [-0.2, 0) is 36.7 Å². The minimum atomic E-state index is -2.16. The smallest absolute Gasteiger partial charge is 0.437 e. The maximum absolute atomic E-state index is 6.51. The van der Waals surface area contributed by atoms with Crippen molar-refractivity contribution < 1.29 is 66.2 Å². The van der Waals surface area contributed by atoms with Gasteiger partial charge < -0.3 is 36.7 Å². The maximum Gasteiger partial charge on any atom is 1.00 e. The van der Waals surface area contributed by atoms with Crippen molar-refractivity contribution in [3.8, 4) is 0 Å². The van der Waals surface area contributed by atoms with Gasteiger partial charge in [0, 0.05) is 13.7 Å². The molecule has 0 atom stereocenters. The van der Waals surface area contributed by atoms with Gasteiger partial charge in [0.15, 0.2) is 16.6 Å². The van der Waals surface area contributed by atoms with Gasteiger partial charge in [0.25, 0.3) is 0 Å². The molecule has 8 nitrogen and oxygen atoms in total. The Kier molecular flexibility index (Phi) is 27.6. The molecule has 0 aromatic rings. The number of hydrogen-bond donors (Lipinski definition) is 0. The molecular weight excluding hydrogens is 498 g/mol. The minimum absolute atomic E-state index is 0. The predicted octanol–water partition coefficient (Wildman–Crippen LogP) is -0.567. The molecule has 0 heterocycles. The summed E-state index contributed by atoms with van der Waals surface area (Å²) in [7, 11) is -3.78. The Bertz CT molecular complexity index is 427. The first kappa shape index (κ1) is 39.9. The quantitative estimate of drug-likeness (QED) is 0.123.